The van der Waals surface area contributed by atoms with E-state index in [1.54, 1.807) is 18.5 Å². The molecule has 3 nitrogen and oxygen atoms in total. The largest absolute Gasteiger partial charge is 0.508 e. The molecule has 0 spiro atoms. The first kappa shape index (κ1) is 14.0. The molecule has 100 valence electrons. The van der Waals surface area contributed by atoms with Gasteiger partial charge >= 0.3 is 0 Å². The topological polar surface area (TPSA) is 45.2 Å². The maximum atomic E-state index is 9.96. The summed E-state index contributed by atoms with van der Waals surface area (Å²) < 4.78 is 0.976. The molecule has 1 heterocycles. The van der Waals surface area contributed by atoms with E-state index < -0.39 is 0 Å². The molecule has 4 heteroatoms. The van der Waals surface area contributed by atoms with Crippen LogP contribution in [0.5, 0.6) is 5.75 Å². The Labute approximate surface area is 121 Å². The van der Waals surface area contributed by atoms with Crippen molar-refractivity contribution in [2.24, 2.45) is 0 Å². The monoisotopic (exact) mass is 320 g/mol. The Kier molecular flexibility index (Phi) is 4.93. The van der Waals surface area contributed by atoms with Crippen LogP contribution in [0.15, 0.2) is 47.2 Å². The highest BCUT2D eigenvalue weighted by molar-refractivity contribution is 9.10. The molecule has 2 N–H and O–H groups in total. The first-order valence-corrected chi connectivity index (χ1v) is 7.10. The molecule has 1 atom stereocenters. The van der Waals surface area contributed by atoms with Crippen molar-refractivity contribution >= 4 is 15.9 Å². The van der Waals surface area contributed by atoms with E-state index in [9.17, 15) is 5.11 Å². The number of rotatable bonds is 5. The zero-order valence-electron chi connectivity index (χ0n) is 10.8. The van der Waals surface area contributed by atoms with Gasteiger partial charge in [-0.25, -0.2) is 0 Å². The van der Waals surface area contributed by atoms with Crippen molar-refractivity contribution in [1.82, 2.24) is 10.3 Å². The van der Waals surface area contributed by atoms with Crippen LogP contribution in [0.2, 0.25) is 0 Å². The van der Waals surface area contributed by atoms with Gasteiger partial charge in [0.25, 0.3) is 0 Å². The number of phenols is 1. The van der Waals surface area contributed by atoms with Crippen LogP contribution in [0.4, 0.5) is 0 Å². The fourth-order valence-corrected chi connectivity index (χ4v) is 2.40. The van der Waals surface area contributed by atoms with Crippen LogP contribution in [0.3, 0.4) is 0 Å². The van der Waals surface area contributed by atoms with Crippen molar-refractivity contribution in [3.05, 3.63) is 58.3 Å². The average molecular weight is 321 g/mol. The number of nitrogens with one attached hydrogen (secondary N) is 1. The van der Waals surface area contributed by atoms with E-state index in [0.29, 0.717) is 5.75 Å². The van der Waals surface area contributed by atoms with Gasteiger partial charge in [0, 0.05) is 35.0 Å². The van der Waals surface area contributed by atoms with Gasteiger partial charge in [-0.2, -0.15) is 0 Å². The Morgan fingerprint density at radius 3 is 2.68 bits per heavy atom. The molecule has 19 heavy (non-hydrogen) atoms. The van der Waals surface area contributed by atoms with Gasteiger partial charge in [-0.05, 0) is 42.3 Å². The molecule has 1 unspecified atom stereocenters. The van der Waals surface area contributed by atoms with Gasteiger partial charge in [-0.1, -0.05) is 22.9 Å². The van der Waals surface area contributed by atoms with E-state index in [0.717, 1.165) is 23.0 Å². The number of phenolic OH excluding ortho intramolecular Hbond substituents is 1. The molecule has 0 saturated heterocycles. The summed E-state index contributed by atoms with van der Waals surface area (Å²) >= 11 is 3.44. The van der Waals surface area contributed by atoms with E-state index in [-0.39, 0.29) is 6.04 Å². The van der Waals surface area contributed by atoms with Gasteiger partial charge in [0.15, 0.2) is 0 Å². The summed E-state index contributed by atoms with van der Waals surface area (Å²) in [6.45, 7) is 2.86. The van der Waals surface area contributed by atoms with Gasteiger partial charge in [0.05, 0.1) is 0 Å². The molecular weight excluding hydrogens is 304 g/mol. The lowest BCUT2D eigenvalue weighted by Crippen LogP contribution is -2.20. The van der Waals surface area contributed by atoms with Gasteiger partial charge in [0.2, 0.25) is 0 Å². The van der Waals surface area contributed by atoms with Gasteiger partial charge in [0.1, 0.15) is 5.75 Å². The molecule has 2 rings (SSSR count). The second kappa shape index (κ2) is 6.68. The molecule has 0 aliphatic heterocycles. The van der Waals surface area contributed by atoms with Crippen LogP contribution in [0.1, 0.15) is 30.5 Å². The molecular formula is C15H17BrN2O. The first-order chi connectivity index (χ1) is 9.20. The van der Waals surface area contributed by atoms with Gasteiger partial charge in [-0.3, -0.25) is 4.98 Å². The second-order valence-electron chi connectivity index (χ2n) is 4.40. The van der Waals surface area contributed by atoms with Crippen LogP contribution in [0.25, 0.3) is 0 Å². The molecule has 0 amide bonds. The summed E-state index contributed by atoms with van der Waals surface area (Å²) in [5.41, 5.74) is 2.11. The van der Waals surface area contributed by atoms with E-state index >= 15 is 0 Å². The smallest absolute Gasteiger partial charge is 0.120 e. The van der Waals surface area contributed by atoms with E-state index in [1.165, 1.54) is 5.56 Å². The van der Waals surface area contributed by atoms with Crippen LogP contribution in [-0.2, 0) is 6.54 Å². The van der Waals surface area contributed by atoms with Crippen molar-refractivity contribution in [2.75, 3.05) is 0 Å². The standard InChI is InChI=1S/C15H17BrN2O/c1-2-14(13-9-12(16)3-4-15(13)19)18-10-11-5-7-17-8-6-11/h3-9,14,18-19H,2,10H2,1H3. The van der Waals surface area contributed by atoms with Gasteiger partial charge in [-0.15, -0.1) is 0 Å². The Balaban J connectivity index is 2.10. The average Bonchev–Trinajstić information content (AvgIpc) is 2.44. The number of halogens is 1. The predicted octanol–water partition coefficient (Wildman–Crippen LogP) is 3.79. The summed E-state index contributed by atoms with van der Waals surface area (Å²) in [4.78, 5) is 4.00. The van der Waals surface area contributed by atoms with Crippen molar-refractivity contribution < 1.29 is 5.11 Å². The predicted molar refractivity (Wildman–Crippen MR) is 79.9 cm³/mol. The molecule has 1 aromatic heterocycles. The summed E-state index contributed by atoms with van der Waals surface area (Å²) in [5.74, 6) is 0.331. The minimum absolute atomic E-state index is 0.130. The van der Waals surface area contributed by atoms with Crippen molar-refractivity contribution in [3.63, 3.8) is 0 Å². The Morgan fingerprint density at radius 2 is 2.00 bits per heavy atom. The van der Waals surface area contributed by atoms with Crippen LogP contribution in [-0.4, -0.2) is 10.1 Å². The molecule has 2 aromatic rings. The zero-order valence-corrected chi connectivity index (χ0v) is 12.4. The summed E-state index contributed by atoms with van der Waals surface area (Å²) in [5, 5.41) is 13.4. The lowest BCUT2D eigenvalue weighted by molar-refractivity contribution is 0.440. The fourth-order valence-electron chi connectivity index (χ4n) is 2.02. The number of hydrogen-bond donors (Lipinski definition) is 2. The molecule has 0 saturated carbocycles. The summed E-state index contributed by atoms with van der Waals surface area (Å²) in [7, 11) is 0. The fraction of sp³-hybridized carbons (Fsp3) is 0.267. The maximum absolute atomic E-state index is 9.96. The van der Waals surface area contributed by atoms with Crippen molar-refractivity contribution in [3.8, 4) is 5.75 Å². The summed E-state index contributed by atoms with van der Waals surface area (Å²) in [6, 6.07) is 9.62. The number of nitrogens with zero attached hydrogens (tertiary/aromatic N) is 1. The van der Waals surface area contributed by atoms with Crippen LogP contribution >= 0.6 is 15.9 Å². The Bertz CT molecular complexity index is 531. The van der Waals surface area contributed by atoms with Gasteiger partial charge < -0.3 is 10.4 Å². The van der Waals surface area contributed by atoms with E-state index in [4.69, 9.17) is 0 Å². The summed E-state index contributed by atoms with van der Waals surface area (Å²) in [6.07, 6.45) is 4.48. The third-order valence-electron chi connectivity index (χ3n) is 3.08. The number of hydrogen-bond acceptors (Lipinski definition) is 3. The van der Waals surface area contributed by atoms with Crippen molar-refractivity contribution in [1.29, 1.82) is 0 Å². The van der Waals surface area contributed by atoms with E-state index in [2.05, 4.69) is 33.2 Å². The minimum Gasteiger partial charge on any atom is -0.508 e. The third kappa shape index (κ3) is 3.78. The maximum Gasteiger partial charge on any atom is 0.120 e. The number of aromatic hydroxyl groups is 1. The normalized spacial score (nSPS) is 12.3. The van der Waals surface area contributed by atoms with Crippen LogP contribution < -0.4 is 5.32 Å². The quantitative estimate of drug-likeness (QED) is 0.881. The Hall–Kier alpha value is -1.39. The zero-order chi connectivity index (χ0) is 13.7. The second-order valence-corrected chi connectivity index (χ2v) is 5.32. The third-order valence-corrected chi connectivity index (χ3v) is 3.57. The lowest BCUT2D eigenvalue weighted by Gasteiger charge is -2.19. The minimum atomic E-state index is 0.130. The molecule has 1 aromatic carbocycles. The van der Waals surface area contributed by atoms with Crippen LogP contribution in [0, 0.1) is 0 Å². The number of benzene rings is 1. The van der Waals surface area contributed by atoms with E-state index in [1.807, 2.05) is 24.3 Å². The molecule has 0 radical (unpaired) electrons. The molecule has 0 aliphatic rings. The highest BCUT2D eigenvalue weighted by Crippen LogP contribution is 2.29. The number of pyridine rings is 1. The molecule has 0 aliphatic carbocycles. The SMILES string of the molecule is CCC(NCc1ccncc1)c1cc(Br)ccc1O. The highest BCUT2D eigenvalue weighted by atomic mass is 79.9. The molecule has 0 bridgehead atoms. The first-order valence-electron chi connectivity index (χ1n) is 6.31. The Morgan fingerprint density at radius 1 is 1.26 bits per heavy atom. The van der Waals surface area contributed by atoms with Crippen molar-refractivity contribution in [2.45, 2.75) is 25.9 Å². The number of aromatic nitrogens is 1. The molecule has 0 fully saturated rings. The lowest BCUT2D eigenvalue weighted by atomic mass is 10.0. The highest BCUT2D eigenvalue weighted by Gasteiger charge is 2.13.